The standard InChI is InChI=1S/C12H11BrClN3O2S/c1-17(9-3-2-4-16-7-9)20(18,19)11-6-8(14)5-10(15)12(11)13/h2-7H,15H2,1H3. The zero-order chi connectivity index (χ0) is 14.9. The van der Waals surface area contributed by atoms with Crippen LogP contribution in [0.1, 0.15) is 0 Å². The molecule has 0 saturated carbocycles. The molecule has 0 amide bonds. The van der Waals surface area contributed by atoms with Crippen LogP contribution in [0.25, 0.3) is 0 Å². The van der Waals surface area contributed by atoms with E-state index in [1.165, 1.54) is 25.4 Å². The van der Waals surface area contributed by atoms with Gasteiger partial charge >= 0.3 is 0 Å². The monoisotopic (exact) mass is 375 g/mol. The van der Waals surface area contributed by atoms with Gasteiger partial charge in [0.25, 0.3) is 10.0 Å². The fraction of sp³-hybridized carbons (Fsp3) is 0.0833. The molecule has 0 unspecified atom stereocenters. The van der Waals surface area contributed by atoms with Crippen molar-refractivity contribution in [3.8, 4) is 0 Å². The van der Waals surface area contributed by atoms with Crippen molar-refractivity contribution in [1.82, 2.24) is 4.98 Å². The van der Waals surface area contributed by atoms with E-state index in [9.17, 15) is 8.42 Å². The van der Waals surface area contributed by atoms with E-state index >= 15 is 0 Å². The van der Waals surface area contributed by atoms with Crippen LogP contribution in [0.2, 0.25) is 5.02 Å². The average Bonchev–Trinajstić information content (AvgIpc) is 2.42. The highest BCUT2D eigenvalue weighted by atomic mass is 79.9. The highest BCUT2D eigenvalue weighted by Crippen LogP contribution is 2.34. The van der Waals surface area contributed by atoms with E-state index in [1.807, 2.05) is 0 Å². The van der Waals surface area contributed by atoms with Gasteiger partial charge in [-0.15, -0.1) is 0 Å². The van der Waals surface area contributed by atoms with E-state index in [-0.39, 0.29) is 20.1 Å². The second-order valence-electron chi connectivity index (χ2n) is 3.99. The molecule has 106 valence electrons. The summed E-state index contributed by atoms with van der Waals surface area (Å²) >= 11 is 9.07. The molecule has 0 aliphatic rings. The predicted octanol–water partition coefficient (Wildman–Crippen LogP) is 2.90. The molecule has 0 atom stereocenters. The van der Waals surface area contributed by atoms with Crippen LogP contribution in [0.15, 0.2) is 46.0 Å². The number of hydrogen-bond acceptors (Lipinski definition) is 4. The minimum atomic E-state index is -3.79. The molecule has 8 heteroatoms. The lowest BCUT2D eigenvalue weighted by molar-refractivity contribution is 0.594. The normalized spacial score (nSPS) is 11.3. The zero-order valence-corrected chi connectivity index (χ0v) is 13.6. The van der Waals surface area contributed by atoms with E-state index in [0.29, 0.717) is 5.69 Å². The number of halogens is 2. The van der Waals surface area contributed by atoms with Gasteiger partial charge in [-0.1, -0.05) is 11.6 Å². The Morgan fingerprint density at radius 2 is 2.10 bits per heavy atom. The lowest BCUT2D eigenvalue weighted by atomic mass is 10.3. The summed E-state index contributed by atoms with van der Waals surface area (Å²) < 4.78 is 26.6. The smallest absolute Gasteiger partial charge is 0.265 e. The number of anilines is 2. The third-order valence-corrected chi connectivity index (χ3v) is 5.86. The van der Waals surface area contributed by atoms with Gasteiger partial charge < -0.3 is 5.73 Å². The summed E-state index contributed by atoms with van der Waals surface area (Å²) in [4.78, 5) is 3.91. The Kier molecular flexibility index (Phi) is 4.22. The number of aromatic nitrogens is 1. The molecule has 5 nitrogen and oxygen atoms in total. The summed E-state index contributed by atoms with van der Waals surface area (Å²) in [6.45, 7) is 0. The van der Waals surface area contributed by atoms with Gasteiger partial charge in [-0.25, -0.2) is 8.42 Å². The van der Waals surface area contributed by atoms with Crippen molar-refractivity contribution in [2.24, 2.45) is 0 Å². The van der Waals surface area contributed by atoms with Crippen molar-refractivity contribution < 1.29 is 8.42 Å². The highest BCUT2D eigenvalue weighted by molar-refractivity contribution is 9.10. The number of nitrogen functional groups attached to an aromatic ring is 1. The minimum Gasteiger partial charge on any atom is -0.398 e. The third kappa shape index (κ3) is 2.74. The van der Waals surface area contributed by atoms with Gasteiger partial charge in [-0.2, -0.15) is 0 Å². The van der Waals surface area contributed by atoms with E-state index in [4.69, 9.17) is 17.3 Å². The fourth-order valence-corrected chi connectivity index (χ4v) is 4.03. The number of hydrogen-bond donors (Lipinski definition) is 1. The van der Waals surface area contributed by atoms with Gasteiger partial charge in [-0.05, 0) is 40.2 Å². The van der Waals surface area contributed by atoms with Gasteiger partial charge in [0.2, 0.25) is 0 Å². The first kappa shape index (κ1) is 15.1. The summed E-state index contributed by atoms with van der Waals surface area (Å²) in [5.41, 5.74) is 6.43. The molecule has 0 saturated heterocycles. The first-order valence-electron chi connectivity index (χ1n) is 5.47. The van der Waals surface area contributed by atoms with Gasteiger partial charge in [0.15, 0.2) is 0 Å². The Labute approximate surface area is 130 Å². The molecular weight excluding hydrogens is 366 g/mol. The van der Waals surface area contributed by atoms with Crippen molar-refractivity contribution in [3.63, 3.8) is 0 Å². The Bertz CT molecular complexity index is 738. The molecule has 2 N–H and O–H groups in total. The molecule has 0 spiro atoms. The van der Waals surface area contributed by atoms with Gasteiger partial charge in [0.05, 0.1) is 16.4 Å². The molecule has 0 bridgehead atoms. The van der Waals surface area contributed by atoms with Crippen LogP contribution in [0.5, 0.6) is 0 Å². The number of benzene rings is 1. The molecule has 1 aromatic carbocycles. The molecule has 2 rings (SSSR count). The molecule has 1 heterocycles. The first-order valence-corrected chi connectivity index (χ1v) is 8.08. The highest BCUT2D eigenvalue weighted by Gasteiger charge is 2.25. The second-order valence-corrected chi connectivity index (χ2v) is 7.16. The maximum atomic E-state index is 12.6. The quantitative estimate of drug-likeness (QED) is 0.836. The van der Waals surface area contributed by atoms with Crippen LogP contribution < -0.4 is 10.0 Å². The summed E-state index contributed by atoms with van der Waals surface area (Å²) in [6, 6.07) is 6.13. The van der Waals surface area contributed by atoms with Crippen molar-refractivity contribution in [1.29, 1.82) is 0 Å². The van der Waals surface area contributed by atoms with Crippen LogP contribution in [0.3, 0.4) is 0 Å². The Morgan fingerprint density at radius 3 is 2.70 bits per heavy atom. The van der Waals surface area contributed by atoms with Gasteiger partial charge in [0, 0.05) is 24.0 Å². The number of pyridine rings is 1. The van der Waals surface area contributed by atoms with Crippen LogP contribution in [0.4, 0.5) is 11.4 Å². The third-order valence-electron chi connectivity index (χ3n) is 2.68. The Hall–Kier alpha value is -1.31. The summed E-state index contributed by atoms with van der Waals surface area (Å²) in [7, 11) is -2.35. The first-order chi connectivity index (χ1) is 9.34. The number of rotatable bonds is 3. The van der Waals surface area contributed by atoms with Crippen molar-refractivity contribution in [2.45, 2.75) is 4.90 Å². The minimum absolute atomic E-state index is 0.00820. The lowest BCUT2D eigenvalue weighted by Gasteiger charge is -2.20. The topological polar surface area (TPSA) is 76.3 Å². The molecule has 2 aromatic rings. The fourth-order valence-electron chi connectivity index (χ4n) is 1.60. The SMILES string of the molecule is CN(c1cccnc1)S(=O)(=O)c1cc(Cl)cc(N)c1Br. The van der Waals surface area contributed by atoms with Gasteiger partial charge in [-0.3, -0.25) is 9.29 Å². The molecule has 0 radical (unpaired) electrons. The number of nitrogens with two attached hydrogens (primary N) is 1. The molecule has 0 aliphatic heterocycles. The summed E-state index contributed by atoms with van der Waals surface area (Å²) in [6.07, 6.45) is 3.02. The van der Waals surface area contributed by atoms with E-state index < -0.39 is 10.0 Å². The van der Waals surface area contributed by atoms with E-state index in [2.05, 4.69) is 20.9 Å². The number of nitrogens with zero attached hydrogens (tertiary/aromatic N) is 2. The maximum absolute atomic E-state index is 12.6. The predicted molar refractivity (Wildman–Crippen MR) is 83.4 cm³/mol. The maximum Gasteiger partial charge on any atom is 0.265 e. The van der Waals surface area contributed by atoms with Crippen molar-refractivity contribution >= 4 is 48.9 Å². The molecular formula is C12H11BrClN3O2S. The van der Waals surface area contributed by atoms with Crippen LogP contribution in [-0.2, 0) is 10.0 Å². The van der Waals surface area contributed by atoms with Gasteiger partial charge in [0.1, 0.15) is 4.90 Å². The van der Waals surface area contributed by atoms with Crippen LogP contribution in [0, 0.1) is 0 Å². The summed E-state index contributed by atoms with van der Waals surface area (Å²) in [5.74, 6) is 0. The van der Waals surface area contributed by atoms with Crippen LogP contribution in [-0.4, -0.2) is 20.4 Å². The Morgan fingerprint density at radius 1 is 1.40 bits per heavy atom. The summed E-state index contributed by atoms with van der Waals surface area (Å²) in [5, 5.41) is 0.254. The van der Waals surface area contributed by atoms with Crippen molar-refractivity contribution in [3.05, 3.63) is 46.2 Å². The molecule has 0 aliphatic carbocycles. The Balaban J connectivity index is 2.57. The molecule has 20 heavy (non-hydrogen) atoms. The van der Waals surface area contributed by atoms with Crippen molar-refractivity contribution in [2.75, 3.05) is 17.1 Å². The number of sulfonamides is 1. The zero-order valence-electron chi connectivity index (χ0n) is 10.4. The molecule has 0 fully saturated rings. The lowest BCUT2D eigenvalue weighted by Crippen LogP contribution is -2.27. The van der Waals surface area contributed by atoms with E-state index in [1.54, 1.807) is 18.3 Å². The second kappa shape index (κ2) is 5.59. The van der Waals surface area contributed by atoms with E-state index in [0.717, 1.165) is 4.31 Å². The largest absolute Gasteiger partial charge is 0.398 e. The molecule has 1 aromatic heterocycles. The van der Waals surface area contributed by atoms with Crippen LogP contribution >= 0.6 is 27.5 Å². The average molecular weight is 377 g/mol.